The van der Waals surface area contributed by atoms with E-state index in [4.69, 9.17) is 21.7 Å². The molecule has 0 aromatic heterocycles. The van der Waals surface area contributed by atoms with Crippen molar-refractivity contribution in [1.29, 1.82) is 0 Å². The number of benzene rings is 2. The molecule has 0 spiro atoms. The van der Waals surface area contributed by atoms with Crippen LogP contribution in [0, 0.1) is 6.92 Å². The molecule has 2 aromatic carbocycles. The van der Waals surface area contributed by atoms with Crippen molar-refractivity contribution in [2.24, 2.45) is 0 Å². The molecule has 0 amide bonds. The third kappa shape index (κ3) is 5.20. The summed E-state index contributed by atoms with van der Waals surface area (Å²) in [5.74, 6) is 0.547. The van der Waals surface area contributed by atoms with E-state index in [-0.39, 0.29) is 5.97 Å². The van der Waals surface area contributed by atoms with Gasteiger partial charge in [0.15, 0.2) is 5.11 Å². The largest absolute Gasteiger partial charge is 0.496 e. The first-order valence-electron chi connectivity index (χ1n) is 8.41. The van der Waals surface area contributed by atoms with Gasteiger partial charge in [0.1, 0.15) is 5.75 Å². The molecule has 0 radical (unpaired) electrons. The molecule has 0 atom stereocenters. The molecular weight excluding hydrogens is 348 g/mol. The second-order valence-corrected chi connectivity index (χ2v) is 6.17. The SMILES string of the molecule is COC(=O)c1cccc(NC(=S)NCCCc2ccccc2OC)c1C. The Kier molecular flexibility index (Phi) is 7.41. The topological polar surface area (TPSA) is 59.6 Å². The average molecular weight is 372 g/mol. The molecule has 138 valence electrons. The van der Waals surface area contributed by atoms with Crippen LogP contribution in [0.1, 0.15) is 27.9 Å². The van der Waals surface area contributed by atoms with Gasteiger partial charge in [0.2, 0.25) is 0 Å². The molecule has 0 heterocycles. The second-order valence-electron chi connectivity index (χ2n) is 5.77. The molecule has 2 rings (SSSR count). The van der Waals surface area contributed by atoms with Crippen molar-refractivity contribution in [2.45, 2.75) is 19.8 Å². The first-order chi connectivity index (χ1) is 12.6. The number of esters is 1. The Hall–Kier alpha value is -2.60. The molecule has 0 unspecified atom stereocenters. The lowest BCUT2D eigenvalue weighted by atomic mass is 10.1. The first-order valence-corrected chi connectivity index (χ1v) is 8.82. The molecule has 2 aromatic rings. The molecule has 0 fully saturated rings. The van der Waals surface area contributed by atoms with Gasteiger partial charge in [-0.3, -0.25) is 0 Å². The standard InChI is InChI=1S/C20H24N2O3S/c1-14-16(19(23)25-3)10-6-11-17(14)22-20(26)21-13-7-9-15-8-4-5-12-18(15)24-2/h4-6,8,10-12H,7,9,13H2,1-3H3,(H2,21,22,26). The van der Waals surface area contributed by atoms with Crippen LogP contribution in [0.15, 0.2) is 42.5 Å². The summed E-state index contributed by atoms with van der Waals surface area (Å²) in [7, 11) is 3.05. The van der Waals surface area contributed by atoms with Gasteiger partial charge >= 0.3 is 5.97 Å². The molecule has 0 bridgehead atoms. The maximum atomic E-state index is 11.8. The summed E-state index contributed by atoms with van der Waals surface area (Å²) in [6.07, 6.45) is 1.82. The lowest BCUT2D eigenvalue weighted by Crippen LogP contribution is -2.30. The van der Waals surface area contributed by atoms with E-state index < -0.39 is 0 Å². The Bertz CT molecular complexity index is 777. The number of anilines is 1. The number of ether oxygens (including phenoxy) is 2. The Balaban J connectivity index is 1.85. The van der Waals surface area contributed by atoms with Gasteiger partial charge in [-0.05, 0) is 61.3 Å². The highest BCUT2D eigenvalue weighted by Gasteiger charge is 2.12. The van der Waals surface area contributed by atoms with Crippen LogP contribution in [0.2, 0.25) is 0 Å². The molecule has 5 nitrogen and oxygen atoms in total. The number of rotatable bonds is 7. The fraction of sp³-hybridized carbons (Fsp3) is 0.300. The summed E-state index contributed by atoms with van der Waals surface area (Å²) in [6.45, 7) is 2.60. The van der Waals surface area contributed by atoms with Gasteiger partial charge < -0.3 is 20.1 Å². The van der Waals surface area contributed by atoms with E-state index in [1.807, 2.05) is 31.2 Å². The molecule has 0 saturated heterocycles. The van der Waals surface area contributed by atoms with Gasteiger partial charge in [0.25, 0.3) is 0 Å². The summed E-state index contributed by atoms with van der Waals surface area (Å²) in [4.78, 5) is 11.8. The van der Waals surface area contributed by atoms with Gasteiger partial charge in [-0.2, -0.15) is 0 Å². The quantitative estimate of drug-likeness (QED) is 0.439. The van der Waals surface area contributed by atoms with Crippen LogP contribution in [-0.2, 0) is 11.2 Å². The number of thiocarbonyl (C=S) groups is 1. The molecule has 0 saturated carbocycles. The van der Waals surface area contributed by atoms with E-state index in [0.717, 1.165) is 36.4 Å². The van der Waals surface area contributed by atoms with Gasteiger partial charge in [0, 0.05) is 12.2 Å². The highest BCUT2D eigenvalue weighted by Crippen LogP contribution is 2.20. The molecule has 0 aliphatic carbocycles. The van der Waals surface area contributed by atoms with Crippen molar-refractivity contribution in [3.8, 4) is 5.75 Å². The van der Waals surface area contributed by atoms with Crippen molar-refractivity contribution in [3.63, 3.8) is 0 Å². The van der Waals surface area contributed by atoms with Crippen molar-refractivity contribution >= 4 is 29.0 Å². The minimum Gasteiger partial charge on any atom is -0.496 e. The normalized spacial score (nSPS) is 10.1. The third-order valence-corrected chi connectivity index (χ3v) is 4.33. The molecule has 26 heavy (non-hydrogen) atoms. The third-order valence-electron chi connectivity index (χ3n) is 4.09. The van der Waals surface area contributed by atoms with Gasteiger partial charge in [0.05, 0.1) is 19.8 Å². The predicted molar refractivity (Wildman–Crippen MR) is 108 cm³/mol. The molecule has 0 aliphatic rings. The van der Waals surface area contributed by atoms with Gasteiger partial charge in [-0.15, -0.1) is 0 Å². The van der Waals surface area contributed by atoms with Crippen LogP contribution < -0.4 is 15.4 Å². The fourth-order valence-corrected chi connectivity index (χ4v) is 2.87. The van der Waals surface area contributed by atoms with Crippen molar-refractivity contribution in [1.82, 2.24) is 5.32 Å². The summed E-state index contributed by atoms with van der Waals surface area (Å²) < 4.78 is 10.2. The molecule has 6 heteroatoms. The number of carbonyl (C=O) groups excluding carboxylic acids is 1. The predicted octanol–water partition coefficient (Wildman–Crippen LogP) is 3.71. The number of para-hydroxylation sites is 1. The summed E-state index contributed by atoms with van der Waals surface area (Å²) in [6, 6.07) is 13.4. The van der Waals surface area contributed by atoms with E-state index in [2.05, 4.69) is 16.7 Å². The van der Waals surface area contributed by atoms with E-state index in [9.17, 15) is 4.79 Å². The number of nitrogens with one attached hydrogen (secondary N) is 2. The minimum atomic E-state index is -0.359. The number of hydrogen-bond donors (Lipinski definition) is 2. The lowest BCUT2D eigenvalue weighted by molar-refractivity contribution is 0.0600. The van der Waals surface area contributed by atoms with Crippen LogP contribution in [0.5, 0.6) is 5.75 Å². The smallest absolute Gasteiger partial charge is 0.338 e. The van der Waals surface area contributed by atoms with E-state index in [1.54, 1.807) is 19.2 Å². The highest BCUT2D eigenvalue weighted by molar-refractivity contribution is 7.80. The Morgan fingerprint density at radius 1 is 1.12 bits per heavy atom. The van der Waals surface area contributed by atoms with Crippen molar-refractivity contribution < 1.29 is 14.3 Å². The van der Waals surface area contributed by atoms with E-state index in [1.165, 1.54) is 12.7 Å². The van der Waals surface area contributed by atoms with Crippen LogP contribution in [0.3, 0.4) is 0 Å². The monoisotopic (exact) mass is 372 g/mol. The molecule has 2 N–H and O–H groups in total. The highest BCUT2D eigenvalue weighted by atomic mass is 32.1. The number of carbonyl (C=O) groups is 1. The zero-order chi connectivity index (χ0) is 18.9. The number of hydrogen-bond acceptors (Lipinski definition) is 4. The van der Waals surface area contributed by atoms with Gasteiger partial charge in [-0.1, -0.05) is 24.3 Å². The minimum absolute atomic E-state index is 0.359. The lowest BCUT2D eigenvalue weighted by Gasteiger charge is -2.14. The van der Waals surface area contributed by atoms with Crippen LogP contribution in [0.25, 0.3) is 0 Å². The number of methoxy groups -OCH3 is 2. The average Bonchev–Trinajstić information content (AvgIpc) is 2.66. The number of aryl methyl sites for hydroxylation is 1. The fourth-order valence-electron chi connectivity index (χ4n) is 2.66. The van der Waals surface area contributed by atoms with E-state index >= 15 is 0 Å². The van der Waals surface area contributed by atoms with Crippen LogP contribution in [-0.4, -0.2) is 31.8 Å². The Labute approximate surface area is 159 Å². The zero-order valence-electron chi connectivity index (χ0n) is 15.3. The Morgan fingerprint density at radius 2 is 1.88 bits per heavy atom. The molecular formula is C20H24N2O3S. The zero-order valence-corrected chi connectivity index (χ0v) is 16.1. The van der Waals surface area contributed by atoms with E-state index in [0.29, 0.717) is 10.7 Å². The van der Waals surface area contributed by atoms with Crippen molar-refractivity contribution in [2.75, 3.05) is 26.1 Å². The Morgan fingerprint density at radius 3 is 2.62 bits per heavy atom. The van der Waals surface area contributed by atoms with Crippen LogP contribution >= 0.6 is 12.2 Å². The summed E-state index contributed by atoms with van der Waals surface area (Å²) in [5.41, 5.74) is 3.29. The second kappa shape index (κ2) is 9.77. The first kappa shape index (κ1) is 19.7. The summed E-state index contributed by atoms with van der Waals surface area (Å²) in [5, 5.41) is 6.85. The van der Waals surface area contributed by atoms with Crippen molar-refractivity contribution in [3.05, 3.63) is 59.2 Å². The maximum Gasteiger partial charge on any atom is 0.338 e. The molecule has 0 aliphatic heterocycles. The van der Waals surface area contributed by atoms with Gasteiger partial charge in [-0.25, -0.2) is 4.79 Å². The summed E-state index contributed by atoms with van der Waals surface area (Å²) >= 11 is 5.35. The van der Waals surface area contributed by atoms with Crippen LogP contribution in [0.4, 0.5) is 5.69 Å². The maximum absolute atomic E-state index is 11.8.